The lowest BCUT2D eigenvalue weighted by Crippen LogP contribution is -2.17. The van der Waals surface area contributed by atoms with Crippen LogP contribution >= 0.6 is 0 Å². The molecule has 5 heterocycles. The molecule has 7 rings (SSSR count). The van der Waals surface area contributed by atoms with E-state index in [2.05, 4.69) is 24.9 Å². The van der Waals surface area contributed by atoms with Crippen molar-refractivity contribution < 1.29 is 40.6 Å². The quantitative estimate of drug-likeness (QED) is 0.158. The lowest BCUT2D eigenvalue weighted by atomic mass is 10.0. The van der Waals surface area contributed by atoms with Crippen LogP contribution in [0.5, 0.6) is 11.5 Å². The fourth-order valence-corrected chi connectivity index (χ4v) is 5.96. The smallest absolute Gasteiger partial charge is 0.416 e. The van der Waals surface area contributed by atoms with Crippen LogP contribution < -0.4 is 9.47 Å². The van der Waals surface area contributed by atoms with Gasteiger partial charge in [-0.1, -0.05) is 0 Å². The van der Waals surface area contributed by atoms with E-state index in [1.807, 2.05) is 16.7 Å². The van der Waals surface area contributed by atoms with E-state index >= 15 is 0 Å². The molecule has 1 saturated heterocycles. The van der Waals surface area contributed by atoms with Crippen molar-refractivity contribution in [2.75, 3.05) is 19.8 Å². The number of pyridine rings is 2. The monoisotopic (exact) mass is 748 g/mol. The standard InChI is InChI=1S/C21H19F3N4O2.C16H11F3N4O/c1-2-29-18-7-6-13(21(22,23)24)9-14(18)15-10-17-20(16(11-25)27-15)26-12-28(17)19-5-3-4-8-30-19;1-2-24-14-4-3-9(16(17,18)19)5-10(14)11-6-12-15(22-8-21-12)13(7-20)23-11/h6-7,9-10,12,19H,2-5,8H2,1H3;3-6,8H,2H2,1H3,(H,21,22). The highest BCUT2D eigenvalue weighted by Gasteiger charge is 2.33. The number of benzene rings is 2. The molecule has 1 N–H and O–H groups in total. The van der Waals surface area contributed by atoms with Gasteiger partial charge in [0.2, 0.25) is 0 Å². The molecule has 2 aromatic carbocycles. The van der Waals surface area contributed by atoms with Crippen LogP contribution in [0.4, 0.5) is 26.3 Å². The Kier molecular flexibility index (Phi) is 10.7. The molecule has 1 aliphatic rings. The molecule has 0 amide bonds. The summed E-state index contributed by atoms with van der Waals surface area (Å²) in [6.45, 7) is 4.66. The minimum atomic E-state index is -4.51. The van der Waals surface area contributed by atoms with Gasteiger partial charge in [-0.05, 0) is 81.6 Å². The first-order valence-electron chi connectivity index (χ1n) is 16.7. The second-order valence-corrected chi connectivity index (χ2v) is 11.9. The van der Waals surface area contributed by atoms with Crippen LogP contribution in [0.3, 0.4) is 0 Å². The third kappa shape index (κ3) is 7.77. The van der Waals surface area contributed by atoms with Gasteiger partial charge < -0.3 is 23.8 Å². The molecule has 6 aromatic rings. The van der Waals surface area contributed by atoms with Gasteiger partial charge in [-0.15, -0.1) is 0 Å². The van der Waals surface area contributed by atoms with Crippen molar-refractivity contribution in [2.45, 2.75) is 51.7 Å². The van der Waals surface area contributed by atoms with Gasteiger partial charge in [0, 0.05) is 17.7 Å². The molecule has 0 aliphatic carbocycles. The molecule has 0 saturated carbocycles. The first kappa shape index (κ1) is 37.6. The van der Waals surface area contributed by atoms with Gasteiger partial charge in [0.1, 0.15) is 40.9 Å². The molecule has 1 fully saturated rings. The molecule has 0 radical (unpaired) electrons. The van der Waals surface area contributed by atoms with Gasteiger partial charge in [-0.3, -0.25) is 0 Å². The largest absolute Gasteiger partial charge is 0.493 e. The lowest BCUT2D eigenvalue weighted by Gasteiger charge is -2.24. The molecule has 11 nitrogen and oxygen atoms in total. The Balaban J connectivity index is 0.000000189. The highest BCUT2D eigenvalue weighted by molar-refractivity contribution is 5.86. The number of imidazole rings is 2. The molecule has 1 aliphatic heterocycles. The minimum absolute atomic E-state index is 0.0311. The Morgan fingerprint density at radius 1 is 0.796 bits per heavy atom. The van der Waals surface area contributed by atoms with Crippen LogP contribution in [-0.2, 0) is 17.1 Å². The summed E-state index contributed by atoms with van der Waals surface area (Å²) in [6, 6.07) is 13.5. The predicted molar refractivity (Wildman–Crippen MR) is 183 cm³/mol. The highest BCUT2D eigenvalue weighted by Crippen LogP contribution is 2.39. The van der Waals surface area contributed by atoms with Crippen molar-refractivity contribution in [3.63, 3.8) is 0 Å². The zero-order valence-corrected chi connectivity index (χ0v) is 28.7. The van der Waals surface area contributed by atoms with Gasteiger partial charge >= 0.3 is 12.4 Å². The number of nitrogens with zero attached hydrogens (tertiary/aromatic N) is 7. The number of nitrogens with one attached hydrogen (secondary N) is 1. The number of nitriles is 2. The summed E-state index contributed by atoms with van der Waals surface area (Å²) >= 11 is 0. The average molecular weight is 749 g/mol. The summed E-state index contributed by atoms with van der Waals surface area (Å²) < 4.78 is 97.6. The summed E-state index contributed by atoms with van der Waals surface area (Å²) in [4.78, 5) is 19.6. The molecular weight excluding hydrogens is 718 g/mol. The van der Waals surface area contributed by atoms with E-state index in [4.69, 9.17) is 14.2 Å². The number of H-pyrrole nitrogens is 1. The number of halogens is 6. The summed E-state index contributed by atoms with van der Waals surface area (Å²) in [7, 11) is 0. The summed E-state index contributed by atoms with van der Waals surface area (Å²) in [5.74, 6) is 0.530. The SMILES string of the molecule is CCOc1ccc(C(F)(F)F)cc1-c1cc2[nH]cnc2c(C#N)n1.CCOc1ccc(C(F)(F)F)cc1-c1cc2c(ncn2C2CCCCO2)c(C#N)n1. The van der Waals surface area contributed by atoms with E-state index in [9.17, 15) is 36.9 Å². The molecule has 0 bridgehead atoms. The Bertz CT molecular complexity index is 2380. The molecule has 1 unspecified atom stereocenters. The van der Waals surface area contributed by atoms with E-state index in [-0.39, 0.29) is 64.8 Å². The van der Waals surface area contributed by atoms with Crippen LogP contribution in [-0.4, -0.2) is 49.3 Å². The van der Waals surface area contributed by atoms with Crippen molar-refractivity contribution in [2.24, 2.45) is 0 Å². The van der Waals surface area contributed by atoms with E-state index in [0.717, 1.165) is 43.5 Å². The Hall–Kier alpha value is -6.20. The number of aromatic nitrogens is 6. The van der Waals surface area contributed by atoms with Crippen LogP contribution in [0.15, 0.2) is 61.2 Å². The molecule has 0 spiro atoms. The Labute approximate surface area is 303 Å². The molecular formula is C37H30F6N8O3. The third-order valence-corrected chi connectivity index (χ3v) is 8.41. The van der Waals surface area contributed by atoms with E-state index < -0.39 is 23.5 Å². The highest BCUT2D eigenvalue weighted by atomic mass is 19.4. The summed E-state index contributed by atoms with van der Waals surface area (Å²) in [5.41, 5.74) is 1.05. The van der Waals surface area contributed by atoms with Gasteiger partial charge in [0.05, 0.1) is 59.4 Å². The number of rotatable bonds is 7. The average Bonchev–Trinajstić information content (AvgIpc) is 3.82. The van der Waals surface area contributed by atoms with Crippen LogP contribution in [0.25, 0.3) is 44.6 Å². The second-order valence-electron chi connectivity index (χ2n) is 11.9. The fourth-order valence-electron chi connectivity index (χ4n) is 5.96. The number of ether oxygens (including phenoxy) is 3. The first-order valence-corrected chi connectivity index (χ1v) is 16.7. The maximum absolute atomic E-state index is 13.3. The van der Waals surface area contributed by atoms with Crippen LogP contribution in [0.2, 0.25) is 0 Å². The van der Waals surface area contributed by atoms with E-state index in [0.29, 0.717) is 28.7 Å². The zero-order chi connectivity index (χ0) is 38.6. The second kappa shape index (κ2) is 15.4. The number of fused-ring (bicyclic) bond motifs is 2. The van der Waals surface area contributed by atoms with Crippen LogP contribution in [0.1, 0.15) is 61.9 Å². The van der Waals surface area contributed by atoms with Crippen molar-refractivity contribution >= 4 is 22.1 Å². The maximum atomic E-state index is 13.3. The van der Waals surface area contributed by atoms with Gasteiger partial charge in [0.15, 0.2) is 11.4 Å². The van der Waals surface area contributed by atoms with Crippen LogP contribution in [0, 0.1) is 22.7 Å². The van der Waals surface area contributed by atoms with E-state index in [1.165, 1.54) is 18.5 Å². The fraction of sp³-hybridized carbons (Fsp3) is 0.297. The molecule has 1 atom stereocenters. The summed E-state index contributed by atoms with van der Waals surface area (Å²) in [5, 5.41) is 18.8. The number of aromatic amines is 1. The molecule has 17 heteroatoms. The normalized spacial score (nSPS) is 14.6. The Morgan fingerprint density at radius 3 is 1.89 bits per heavy atom. The topological polar surface area (TPSA) is 148 Å². The van der Waals surface area contributed by atoms with Crippen molar-refractivity contribution in [1.29, 1.82) is 10.5 Å². The zero-order valence-electron chi connectivity index (χ0n) is 28.7. The predicted octanol–water partition coefficient (Wildman–Crippen LogP) is 9.00. The van der Waals surface area contributed by atoms with Crippen molar-refractivity contribution in [3.8, 4) is 46.2 Å². The van der Waals surface area contributed by atoms with Gasteiger partial charge in [-0.2, -0.15) is 36.9 Å². The third-order valence-electron chi connectivity index (χ3n) is 8.41. The maximum Gasteiger partial charge on any atom is 0.416 e. The van der Waals surface area contributed by atoms with Gasteiger partial charge in [-0.25, -0.2) is 19.9 Å². The lowest BCUT2D eigenvalue weighted by molar-refractivity contribution is -0.138. The Morgan fingerprint density at radius 2 is 1.37 bits per heavy atom. The number of hydrogen-bond donors (Lipinski definition) is 1. The number of hydrogen-bond acceptors (Lipinski definition) is 9. The molecule has 278 valence electrons. The van der Waals surface area contributed by atoms with Crippen molar-refractivity contribution in [3.05, 3.63) is 83.7 Å². The molecule has 4 aromatic heterocycles. The minimum Gasteiger partial charge on any atom is -0.493 e. The van der Waals surface area contributed by atoms with E-state index in [1.54, 1.807) is 32.3 Å². The van der Waals surface area contributed by atoms with Crippen molar-refractivity contribution in [1.82, 2.24) is 29.5 Å². The molecule has 54 heavy (non-hydrogen) atoms. The van der Waals surface area contributed by atoms with Gasteiger partial charge in [0.25, 0.3) is 0 Å². The number of alkyl halides is 6. The first-order chi connectivity index (χ1) is 25.9. The summed E-state index contributed by atoms with van der Waals surface area (Å²) in [6.07, 6.45) is -3.50.